The van der Waals surface area contributed by atoms with Crippen LogP contribution in [-0.4, -0.2) is 33.1 Å². The lowest BCUT2D eigenvalue weighted by atomic mass is 10.2. The Morgan fingerprint density at radius 2 is 2.03 bits per heavy atom. The lowest BCUT2D eigenvalue weighted by Crippen LogP contribution is -2.15. The zero-order valence-electron chi connectivity index (χ0n) is 16.5. The molecule has 158 valence electrons. The molecule has 31 heavy (non-hydrogen) atoms. The van der Waals surface area contributed by atoms with Crippen molar-refractivity contribution in [1.82, 2.24) is 20.1 Å². The van der Waals surface area contributed by atoms with Gasteiger partial charge in [-0.05, 0) is 42.0 Å². The highest BCUT2D eigenvalue weighted by atomic mass is 32.2. The van der Waals surface area contributed by atoms with E-state index >= 15 is 0 Å². The molecule has 0 saturated carbocycles. The van der Waals surface area contributed by atoms with E-state index in [0.717, 1.165) is 11.3 Å². The second kappa shape index (κ2) is 9.43. The summed E-state index contributed by atoms with van der Waals surface area (Å²) in [4.78, 5) is 24.0. The van der Waals surface area contributed by atoms with Gasteiger partial charge in [-0.3, -0.25) is 4.79 Å². The quantitative estimate of drug-likeness (QED) is 0.399. The molecule has 2 N–H and O–H groups in total. The van der Waals surface area contributed by atoms with Gasteiger partial charge in [-0.15, -0.1) is 0 Å². The number of hydrogen-bond donors (Lipinski definition) is 2. The Kier molecular flexibility index (Phi) is 6.27. The fraction of sp³-hybridized carbons (Fsp3) is 0.143. The summed E-state index contributed by atoms with van der Waals surface area (Å²) in [6.07, 6.45) is 1.65. The number of amides is 1. The van der Waals surface area contributed by atoms with Crippen molar-refractivity contribution in [3.05, 3.63) is 72.3 Å². The molecule has 0 fully saturated rings. The van der Waals surface area contributed by atoms with E-state index in [2.05, 4.69) is 25.4 Å². The topological polar surface area (TPSA) is 106 Å². The zero-order valence-corrected chi connectivity index (χ0v) is 17.3. The number of nitrogens with zero attached hydrogens (tertiary/aromatic N) is 3. The Labute approximate surface area is 181 Å². The van der Waals surface area contributed by atoms with Crippen molar-refractivity contribution >= 4 is 23.4 Å². The molecule has 1 amide bonds. The van der Waals surface area contributed by atoms with Crippen molar-refractivity contribution < 1.29 is 18.4 Å². The van der Waals surface area contributed by atoms with Crippen LogP contribution in [0, 0.1) is 5.82 Å². The van der Waals surface area contributed by atoms with Gasteiger partial charge in [-0.2, -0.15) is 4.98 Å². The van der Waals surface area contributed by atoms with E-state index in [1.165, 1.54) is 31.0 Å². The van der Waals surface area contributed by atoms with Gasteiger partial charge >= 0.3 is 0 Å². The monoisotopic (exact) mass is 439 g/mol. The number of halogens is 1. The molecule has 8 nitrogen and oxygen atoms in total. The fourth-order valence-corrected chi connectivity index (χ4v) is 3.48. The first-order valence-corrected chi connectivity index (χ1v) is 10.3. The third-order valence-corrected chi connectivity index (χ3v) is 5.12. The van der Waals surface area contributed by atoms with Crippen molar-refractivity contribution in [3.8, 4) is 17.0 Å². The van der Waals surface area contributed by atoms with Gasteiger partial charge in [0, 0.05) is 0 Å². The summed E-state index contributed by atoms with van der Waals surface area (Å²) >= 11 is 1.38. The average molecular weight is 439 g/mol. The Morgan fingerprint density at radius 1 is 1.23 bits per heavy atom. The van der Waals surface area contributed by atoms with Crippen LogP contribution in [0.1, 0.15) is 11.7 Å². The van der Waals surface area contributed by atoms with E-state index in [-0.39, 0.29) is 24.0 Å². The number of nitrogens with one attached hydrogen (secondary N) is 2. The molecule has 0 aliphatic carbocycles. The van der Waals surface area contributed by atoms with Crippen molar-refractivity contribution in [3.63, 3.8) is 0 Å². The predicted octanol–water partition coefficient (Wildman–Crippen LogP) is 4.08. The maximum absolute atomic E-state index is 13.1. The minimum absolute atomic E-state index is 0.0261. The molecule has 0 bridgehead atoms. The standard InChI is InChI=1S/C21H18FN5O3S/c1-29-17-5-3-2-4-15(17)24-19(28)10-18-26-20(30-27-18)12-31-21-23-11-16(25-21)13-6-8-14(22)9-7-13/h2-9,11H,10,12H2,1H3,(H,23,25)(H,24,28). The van der Waals surface area contributed by atoms with Crippen LogP contribution in [0.3, 0.4) is 0 Å². The smallest absolute Gasteiger partial charge is 0.237 e. The van der Waals surface area contributed by atoms with Gasteiger partial charge in [0.1, 0.15) is 11.6 Å². The number of aromatic amines is 1. The molecule has 4 aromatic rings. The van der Waals surface area contributed by atoms with Crippen molar-refractivity contribution in [2.45, 2.75) is 17.3 Å². The number of methoxy groups -OCH3 is 1. The summed E-state index contributed by atoms with van der Waals surface area (Å²) in [5, 5.41) is 7.29. The molecule has 0 spiro atoms. The molecular formula is C21H18FN5O3S. The summed E-state index contributed by atoms with van der Waals surface area (Å²) in [5.74, 6) is 1.05. The number of H-pyrrole nitrogens is 1. The summed E-state index contributed by atoms with van der Waals surface area (Å²) in [5.41, 5.74) is 2.19. The molecule has 0 aliphatic heterocycles. The van der Waals surface area contributed by atoms with E-state index in [0.29, 0.717) is 28.2 Å². The van der Waals surface area contributed by atoms with Crippen LogP contribution in [0.15, 0.2) is 64.4 Å². The third-order valence-electron chi connectivity index (χ3n) is 4.25. The molecule has 2 aromatic carbocycles. The van der Waals surface area contributed by atoms with Crippen LogP contribution in [0.4, 0.5) is 10.1 Å². The number of aromatic nitrogens is 4. The number of rotatable bonds is 8. The number of carbonyl (C=O) groups is 1. The zero-order chi connectivity index (χ0) is 21.6. The number of hydrogen-bond acceptors (Lipinski definition) is 7. The first-order chi connectivity index (χ1) is 15.1. The van der Waals surface area contributed by atoms with Crippen LogP contribution < -0.4 is 10.1 Å². The van der Waals surface area contributed by atoms with Crippen LogP contribution in [0.2, 0.25) is 0 Å². The van der Waals surface area contributed by atoms with Crippen LogP contribution >= 0.6 is 11.8 Å². The Bertz CT molecular complexity index is 1180. The molecule has 0 atom stereocenters. The molecular weight excluding hydrogens is 421 g/mol. The molecule has 0 unspecified atom stereocenters. The minimum atomic E-state index is -0.290. The first-order valence-electron chi connectivity index (χ1n) is 9.29. The van der Waals surface area contributed by atoms with Gasteiger partial charge in [0.25, 0.3) is 0 Å². The fourth-order valence-electron chi connectivity index (χ4n) is 2.79. The van der Waals surface area contributed by atoms with E-state index in [1.807, 2.05) is 6.07 Å². The second-order valence-corrected chi connectivity index (χ2v) is 7.39. The van der Waals surface area contributed by atoms with Crippen LogP contribution in [0.25, 0.3) is 11.3 Å². The highest BCUT2D eigenvalue weighted by Crippen LogP contribution is 2.25. The molecule has 2 heterocycles. The van der Waals surface area contributed by atoms with E-state index in [4.69, 9.17) is 9.26 Å². The molecule has 2 aromatic heterocycles. The first kappa shape index (κ1) is 20.6. The van der Waals surface area contributed by atoms with Crippen LogP contribution in [-0.2, 0) is 17.0 Å². The summed E-state index contributed by atoms with van der Waals surface area (Å²) in [7, 11) is 1.54. The number of thioether (sulfide) groups is 1. The molecule has 10 heteroatoms. The van der Waals surface area contributed by atoms with Crippen molar-refractivity contribution in [1.29, 1.82) is 0 Å². The van der Waals surface area contributed by atoms with E-state index in [1.54, 1.807) is 36.5 Å². The van der Waals surface area contributed by atoms with Gasteiger partial charge in [-0.25, -0.2) is 9.37 Å². The predicted molar refractivity (Wildman–Crippen MR) is 113 cm³/mol. The van der Waals surface area contributed by atoms with Gasteiger partial charge in [-0.1, -0.05) is 29.1 Å². The summed E-state index contributed by atoms with van der Waals surface area (Å²) < 4.78 is 23.5. The molecule has 0 radical (unpaired) electrons. The van der Waals surface area contributed by atoms with Gasteiger partial charge in [0.05, 0.1) is 36.9 Å². The Morgan fingerprint density at radius 3 is 2.84 bits per heavy atom. The summed E-state index contributed by atoms with van der Waals surface area (Å²) in [6, 6.07) is 13.3. The number of anilines is 1. The van der Waals surface area contributed by atoms with E-state index in [9.17, 15) is 9.18 Å². The molecule has 0 saturated heterocycles. The Balaban J connectivity index is 1.31. The lowest BCUT2D eigenvalue weighted by molar-refractivity contribution is -0.115. The maximum Gasteiger partial charge on any atom is 0.237 e. The van der Waals surface area contributed by atoms with Crippen molar-refractivity contribution in [2.75, 3.05) is 12.4 Å². The normalized spacial score (nSPS) is 10.8. The molecule has 0 aliphatic rings. The average Bonchev–Trinajstić information content (AvgIpc) is 3.42. The van der Waals surface area contributed by atoms with E-state index < -0.39 is 0 Å². The maximum atomic E-state index is 13.1. The highest BCUT2D eigenvalue weighted by molar-refractivity contribution is 7.98. The highest BCUT2D eigenvalue weighted by Gasteiger charge is 2.14. The number of para-hydroxylation sites is 2. The number of imidazole rings is 1. The lowest BCUT2D eigenvalue weighted by Gasteiger charge is -2.08. The second-order valence-electron chi connectivity index (χ2n) is 6.43. The number of carbonyl (C=O) groups excluding carboxylic acids is 1. The van der Waals surface area contributed by atoms with Gasteiger partial charge in [0.15, 0.2) is 11.0 Å². The minimum Gasteiger partial charge on any atom is -0.495 e. The summed E-state index contributed by atoms with van der Waals surface area (Å²) in [6.45, 7) is 0. The van der Waals surface area contributed by atoms with Gasteiger partial charge in [0.2, 0.25) is 11.8 Å². The van der Waals surface area contributed by atoms with Crippen molar-refractivity contribution in [2.24, 2.45) is 0 Å². The van der Waals surface area contributed by atoms with Gasteiger partial charge < -0.3 is 19.6 Å². The molecule has 4 rings (SSSR count). The largest absolute Gasteiger partial charge is 0.495 e. The number of ether oxygens (including phenoxy) is 1. The SMILES string of the molecule is COc1ccccc1NC(=O)Cc1noc(CSc2ncc(-c3ccc(F)cc3)[nH]2)n1. The van der Waals surface area contributed by atoms with Crippen LogP contribution in [0.5, 0.6) is 5.75 Å². The Hall–Kier alpha value is -3.66. The third kappa shape index (κ3) is 5.28. The number of benzene rings is 2.